The number of hydrogen-bond acceptors (Lipinski definition) is 5. The van der Waals surface area contributed by atoms with Gasteiger partial charge in [0.15, 0.2) is 0 Å². The van der Waals surface area contributed by atoms with Crippen LogP contribution >= 0.6 is 0 Å². The maximum atomic E-state index is 11.1. The minimum atomic E-state index is -1.13. The Hall–Kier alpha value is -2.15. The second kappa shape index (κ2) is 5.80. The summed E-state index contributed by atoms with van der Waals surface area (Å²) in [6, 6.07) is -1.04. The van der Waals surface area contributed by atoms with E-state index in [0.29, 0.717) is 5.69 Å². The van der Waals surface area contributed by atoms with Crippen LogP contribution in [0.25, 0.3) is 0 Å². The number of aliphatic carboxylic acids is 1. The number of nitrogens with one attached hydrogen (secondary N) is 2. The van der Waals surface area contributed by atoms with Gasteiger partial charge in [-0.3, -0.25) is 4.79 Å². The standard InChI is InChI=1S/C10H13N3O4/c1-6(2)10(16)17-13-8(9(14)15)3-7-4-11-5-12-7/h4-5,8,13H,1,3H2,2H3,(H,11,12)(H,14,15)/t8-/m0/s1. The summed E-state index contributed by atoms with van der Waals surface area (Å²) in [5, 5.41) is 8.91. The summed E-state index contributed by atoms with van der Waals surface area (Å²) in [4.78, 5) is 33.1. The van der Waals surface area contributed by atoms with Crippen LogP contribution in [0.4, 0.5) is 0 Å². The van der Waals surface area contributed by atoms with Crippen molar-refractivity contribution in [2.24, 2.45) is 0 Å². The molecule has 1 aromatic heterocycles. The monoisotopic (exact) mass is 239 g/mol. The minimum Gasteiger partial charge on any atom is -0.480 e. The lowest BCUT2D eigenvalue weighted by Gasteiger charge is -2.12. The number of nitrogens with zero attached hydrogens (tertiary/aromatic N) is 1. The van der Waals surface area contributed by atoms with E-state index in [4.69, 9.17) is 5.11 Å². The van der Waals surface area contributed by atoms with Crippen molar-refractivity contribution in [3.8, 4) is 0 Å². The van der Waals surface area contributed by atoms with E-state index in [2.05, 4.69) is 26.9 Å². The highest BCUT2D eigenvalue weighted by atomic mass is 16.7. The number of H-pyrrole nitrogens is 1. The highest BCUT2D eigenvalue weighted by Gasteiger charge is 2.20. The number of rotatable bonds is 6. The van der Waals surface area contributed by atoms with Gasteiger partial charge in [0.1, 0.15) is 6.04 Å². The van der Waals surface area contributed by atoms with Gasteiger partial charge in [0.2, 0.25) is 0 Å². The molecule has 7 nitrogen and oxygen atoms in total. The zero-order chi connectivity index (χ0) is 12.8. The van der Waals surface area contributed by atoms with Crippen molar-refractivity contribution in [3.63, 3.8) is 0 Å². The molecule has 1 heterocycles. The lowest BCUT2D eigenvalue weighted by molar-refractivity contribution is -0.154. The second-order valence-electron chi connectivity index (χ2n) is 3.46. The number of carbonyl (C=O) groups is 2. The molecular formula is C10H13N3O4. The first-order chi connectivity index (χ1) is 8.00. The molecule has 17 heavy (non-hydrogen) atoms. The summed E-state index contributed by atoms with van der Waals surface area (Å²) >= 11 is 0. The van der Waals surface area contributed by atoms with Crippen LogP contribution in [-0.4, -0.2) is 33.1 Å². The molecule has 0 saturated carbocycles. The Kier molecular flexibility index (Phi) is 4.41. The van der Waals surface area contributed by atoms with Crippen LogP contribution in [0.2, 0.25) is 0 Å². The Morgan fingerprint density at radius 2 is 2.41 bits per heavy atom. The number of imidazole rings is 1. The molecular weight excluding hydrogens is 226 g/mol. The van der Waals surface area contributed by atoms with Crippen molar-refractivity contribution in [1.29, 1.82) is 0 Å². The molecule has 1 aromatic rings. The molecule has 0 radical (unpaired) electrons. The van der Waals surface area contributed by atoms with Crippen LogP contribution in [0.1, 0.15) is 12.6 Å². The zero-order valence-electron chi connectivity index (χ0n) is 9.27. The summed E-state index contributed by atoms with van der Waals surface area (Å²) in [6.45, 7) is 4.84. The zero-order valence-corrected chi connectivity index (χ0v) is 9.27. The van der Waals surface area contributed by atoms with Crippen LogP contribution in [-0.2, 0) is 20.8 Å². The Morgan fingerprint density at radius 3 is 2.88 bits per heavy atom. The molecule has 0 aliphatic rings. The van der Waals surface area contributed by atoms with E-state index < -0.39 is 18.0 Å². The fourth-order valence-electron chi connectivity index (χ4n) is 1.01. The number of carboxylic acids is 1. The quantitative estimate of drug-likeness (QED) is 0.478. The fourth-order valence-corrected chi connectivity index (χ4v) is 1.01. The first-order valence-corrected chi connectivity index (χ1v) is 4.83. The van der Waals surface area contributed by atoms with Gasteiger partial charge in [-0.05, 0) is 6.92 Å². The fraction of sp³-hybridized carbons (Fsp3) is 0.300. The highest BCUT2D eigenvalue weighted by Crippen LogP contribution is 2.00. The molecule has 0 bridgehead atoms. The third-order valence-corrected chi connectivity index (χ3v) is 1.92. The molecule has 0 aliphatic carbocycles. The number of hydrogen-bond donors (Lipinski definition) is 3. The van der Waals surface area contributed by atoms with Crippen LogP contribution in [0.15, 0.2) is 24.7 Å². The lowest BCUT2D eigenvalue weighted by atomic mass is 10.2. The van der Waals surface area contributed by atoms with E-state index in [-0.39, 0.29) is 12.0 Å². The number of aromatic nitrogens is 2. The number of aromatic amines is 1. The highest BCUT2D eigenvalue weighted by molar-refractivity contribution is 5.87. The van der Waals surface area contributed by atoms with Gasteiger partial charge in [0, 0.05) is 23.9 Å². The Labute approximate surface area is 97.5 Å². The Balaban J connectivity index is 2.52. The van der Waals surface area contributed by atoms with Crippen molar-refractivity contribution in [1.82, 2.24) is 15.4 Å². The predicted octanol–water partition coefficient (Wildman–Crippen LogP) is 0.0293. The Morgan fingerprint density at radius 1 is 1.71 bits per heavy atom. The van der Waals surface area contributed by atoms with E-state index in [1.807, 2.05) is 0 Å². The lowest BCUT2D eigenvalue weighted by Crippen LogP contribution is -2.40. The smallest absolute Gasteiger partial charge is 0.351 e. The minimum absolute atomic E-state index is 0.124. The summed E-state index contributed by atoms with van der Waals surface area (Å²) < 4.78 is 0. The van der Waals surface area contributed by atoms with Gasteiger partial charge < -0.3 is 14.9 Å². The molecule has 0 amide bonds. The van der Waals surface area contributed by atoms with E-state index in [1.54, 1.807) is 0 Å². The van der Waals surface area contributed by atoms with E-state index in [1.165, 1.54) is 19.4 Å². The van der Waals surface area contributed by atoms with Gasteiger partial charge in [-0.15, -0.1) is 5.48 Å². The van der Waals surface area contributed by atoms with Gasteiger partial charge in [0.05, 0.1) is 6.33 Å². The second-order valence-corrected chi connectivity index (χ2v) is 3.46. The first kappa shape index (κ1) is 12.9. The summed E-state index contributed by atoms with van der Waals surface area (Å²) in [7, 11) is 0. The number of hydroxylamine groups is 1. The molecule has 92 valence electrons. The maximum Gasteiger partial charge on any atom is 0.351 e. The maximum absolute atomic E-state index is 11.1. The van der Waals surface area contributed by atoms with Gasteiger partial charge in [0.25, 0.3) is 0 Å². The van der Waals surface area contributed by atoms with Gasteiger partial charge >= 0.3 is 11.9 Å². The van der Waals surface area contributed by atoms with E-state index >= 15 is 0 Å². The predicted molar refractivity (Wildman–Crippen MR) is 57.8 cm³/mol. The van der Waals surface area contributed by atoms with Crippen LogP contribution in [0.5, 0.6) is 0 Å². The van der Waals surface area contributed by atoms with Crippen LogP contribution in [0, 0.1) is 0 Å². The van der Waals surface area contributed by atoms with Crippen molar-refractivity contribution in [3.05, 3.63) is 30.4 Å². The molecule has 0 unspecified atom stereocenters. The van der Waals surface area contributed by atoms with Crippen molar-refractivity contribution >= 4 is 11.9 Å². The van der Waals surface area contributed by atoms with Gasteiger partial charge in [-0.1, -0.05) is 6.58 Å². The Bertz CT molecular complexity index is 413. The SMILES string of the molecule is C=C(C)C(=O)ON[C@@H](Cc1cnc[nH]1)C(=O)O. The molecule has 7 heteroatoms. The number of carbonyl (C=O) groups excluding carboxylic acids is 1. The summed E-state index contributed by atoms with van der Waals surface area (Å²) in [6.07, 6.45) is 3.06. The van der Waals surface area contributed by atoms with Crippen molar-refractivity contribution < 1.29 is 19.5 Å². The van der Waals surface area contributed by atoms with Gasteiger partial charge in [-0.2, -0.15) is 0 Å². The molecule has 0 aromatic carbocycles. The third kappa shape index (κ3) is 4.07. The molecule has 0 aliphatic heterocycles. The van der Waals surface area contributed by atoms with Crippen molar-refractivity contribution in [2.75, 3.05) is 0 Å². The molecule has 3 N–H and O–H groups in total. The van der Waals surface area contributed by atoms with Gasteiger partial charge in [-0.25, -0.2) is 9.78 Å². The topological polar surface area (TPSA) is 104 Å². The average Bonchev–Trinajstić information content (AvgIpc) is 2.75. The van der Waals surface area contributed by atoms with Crippen LogP contribution < -0.4 is 5.48 Å². The normalized spacial score (nSPS) is 11.8. The largest absolute Gasteiger partial charge is 0.480 e. The average molecular weight is 239 g/mol. The van der Waals surface area contributed by atoms with Crippen LogP contribution in [0.3, 0.4) is 0 Å². The molecule has 1 atom stereocenters. The summed E-state index contributed by atoms with van der Waals surface area (Å²) in [5.41, 5.74) is 2.99. The van der Waals surface area contributed by atoms with E-state index in [9.17, 15) is 9.59 Å². The molecule has 0 fully saturated rings. The van der Waals surface area contributed by atoms with Crippen molar-refractivity contribution in [2.45, 2.75) is 19.4 Å². The summed E-state index contributed by atoms with van der Waals surface area (Å²) in [5.74, 6) is -1.82. The number of carboxylic acid groups (broad SMARTS) is 1. The molecule has 0 saturated heterocycles. The van der Waals surface area contributed by atoms with E-state index in [0.717, 1.165) is 0 Å². The molecule has 0 spiro atoms. The third-order valence-electron chi connectivity index (χ3n) is 1.92. The first-order valence-electron chi connectivity index (χ1n) is 4.83. The molecule has 1 rings (SSSR count).